The fourth-order valence-electron chi connectivity index (χ4n) is 3.15. The highest BCUT2D eigenvalue weighted by atomic mass is 16.2. The van der Waals surface area contributed by atoms with E-state index < -0.39 is 0 Å². The Morgan fingerprint density at radius 1 is 1.22 bits per heavy atom. The van der Waals surface area contributed by atoms with Gasteiger partial charge in [0.2, 0.25) is 5.91 Å². The fraction of sp³-hybridized carbons (Fsp3) is 0.625. The predicted octanol–water partition coefficient (Wildman–Crippen LogP) is 1.05. The van der Waals surface area contributed by atoms with Gasteiger partial charge < -0.3 is 4.90 Å². The zero-order valence-electron chi connectivity index (χ0n) is 13.7. The predicted molar refractivity (Wildman–Crippen MR) is 84.0 cm³/mol. The van der Waals surface area contributed by atoms with E-state index in [9.17, 15) is 4.79 Å². The molecule has 1 aliphatic carbocycles. The largest absolute Gasteiger partial charge is 0.339 e. The van der Waals surface area contributed by atoms with Crippen LogP contribution in [0.2, 0.25) is 0 Å². The molecule has 0 unspecified atom stereocenters. The minimum absolute atomic E-state index is 0.115. The van der Waals surface area contributed by atoms with Crippen LogP contribution in [0.4, 0.5) is 0 Å². The second-order valence-electron chi connectivity index (χ2n) is 6.60. The van der Waals surface area contributed by atoms with Crippen molar-refractivity contribution in [2.24, 2.45) is 0 Å². The van der Waals surface area contributed by atoms with Crippen LogP contribution in [-0.2, 0) is 24.3 Å². The lowest BCUT2D eigenvalue weighted by Gasteiger charge is -2.20. The normalized spacial score (nSPS) is 17.9. The van der Waals surface area contributed by atoms with Crippen LogP contribution >= 0.6 is 0 Å². The number of carbonyl (C=O) groups excluding carboxylic acids is 1. The topological polar surface area (TPSA) is 68.8 Å². The molecule has 2 aliphatic rings. The highest BCUT2D eigenvalue weighted by molar-refractivity contribution is 5.76. The second kappa shape index (κ2) is 5.47. The van der Waals surface area contributed by atoms with E-state index in [0.717, 1.165) is 36.0 Å². The van der Waals surface area contributed by atoms with Crippen molar-refractivity contribution in [2.75, 3.05) is 13.1 Å². The SMILES string of the molecule is Cc1cc(C)n(CC(=O)N2CCc3nc(C4CC4)nn3CC2)n1. The van der Waals surface area contributed by atoms with Gasteiger partial charge in [-0.1, -0.05) is 0 Å². The Hall–Kier alpha value is -2.18. The number of amides is 1. The summed E-state index contributed by atoms with van der Waals surface area (Å²) < 4.78 is 3.77. The lowest BCUT2D eigenvalue weighted by atomic mass is 10.3. The zero-order valence-corrected chi connectivity index (χ0v) is 13.7. The van der Waals surface area contributed by atoms with Crippen LogP contribution in [0.15, 0.2) is 6.07 Å². The molecular formula is C16H22N6O. The first-order valence-electron chi connectivity index (χ1n) is 8.32. The highest BCUT2D eigenvalue weighted by Gasteiger charge is 2.30. The molecule has 1 amide bonds. The molecule has 1 fully saturated rings. The summed E-state index contributed by atoms with van der Waals surface area (Å²) in [4.78, 5) is 19.1. The summed E-state index contributed by atoms with van der Waals surface area (Å²) in [5.41, 5.74) is 1.97. The van der Waals surface area contributed by atoms with Gasteiger partial charge >= 0.3 is 0 Å². The molecule has 7 heteroatoms. The van der Waals surface area contributed by atoms with Crippen LogP contribution in [0.3, 0.4) is 0 Å². The van der Waals surface area contributed by atoms with Gasteiger partial charge in [0, 0.05) is 31.1 Å². The molecular weight excluding hydrogens is 292 g/mol. The van der Waals surface area contributed by atoms with Crippen molar-refractivity contribution >= 4 is 5.91 Å². The van der Waals surface area contributed by atoms with Crippen molar-refractivity contribution in [1.82, 2.24) is 29.4 Å². The van der Waals surface area contributed by atoms with E-state index in [1.807, 2.05) is 29.5 Å². The molecule has 0 spiro atoms. The number of aromatic nitrogens is 5. The Bertz CT molecular complexity index is 716. The molecule has 0 saturated heterocycles. The average molecular weight is 314 g/mol. The van der Waals surface area contributed by atoms with Crippen LogP contribution in [0.5, 0.6) is 0 Å². The lowest BCUT2D eigenvalue weighted by molar-refractivity contribution is -0.132. The van der Waals surface area contributed by atoms with E-state index in [1.165, 1.54) is 12.8 Å². The second-order valence-corrected chi connectivity index (χ2v) is 6.60. The van der Waals surface area contributed by atoms with Crippen molar-refractivity contribution in [3.05, 3.63) is 29.1 Å². The summed E-state index contributed by atoms with van der Waals surface area (Å²) in [6.45, 7) is 6.37. The van der Waals surface area contributed by atoms with E-state index in [1.54, 1.807) is 4.68 Å². The van der Waals surface area contributed by atoms with Crippen molar-refractivity contribution in [3.8, 4) is 0 Å². The number of aryl methyl sites for hydroxylation is 2. The molecule has 0 radical (unpaired) electrons. The molecule has 0 aromatic carbocycles. The molecule has 0 atom stereocenters. The lowest BCUT2D eigenvalue weighted by Crippen LogP contribution is -2.36. The van der Waals surface area contributed by atoms with Gasteiger partial charge in [0.05, 0.1) is 12.2 Å². The Morgan fingerprint density at radius 2 is 2.04 bits per heavy atom. The number of carbonyl (C=O) groups is 1. The summed E-state index contributed by atoms with van der Waals surface area (Å²) in [7, 11) is 0. The number of hydrogen-bond donors (Lipinski definition) is 0. The summed E-state index contributed by atoms with van der Waals surface area (Å²) >= 11 is 0. The Morgan fingerprint density at radius 3 is 2.74 bits per heavy atom. The van der Waals surface area contributed by atoms with Crippen LogP contribution < -0.4 is 0 Å². The van der Waals surface area contributed by atoms with Gasteiger partial charge in [-0.15, -0.1) is 0 Å². The first-order chi connectivity index (χ1) is 11.1. The Balaban J connectivity index is 1.42. The standard InChI is InChI=1S/C16H22N6O/c1-11-9-12(2)22(18-11)10-15(23)20-6-5-14-17-16(13-3-4-13)19-21(14)8-7-20/h9,13H,3-8,10H2,1-2H3. The molecule has 0 N–H and O–H groups in total. The first-order valence-corrected chi connectivity index (χ1v) is 8.32. The molecule has 0 bridgehead atoms. The molecule has 3 heterocycles. The van der Waals surface area contributed by atoms with E-state index >= 15 is 0 Å². The summed E-state index contributed by atoms with van der Waals surface area (Å²) in [6, 6.07) is 1.99. The maximum absolute atomic E-state index is 12.6. The van der Waals surface area contributed by atoms with Gasteiger partial charge in [-0.2, -0.15) is 10.2 Å². The first kappa shape index (κ1) is 14.4. The number of rotatable bonds is 3. The van der Waals surface area contributed by atoms with Crippen molar-refractivity contribution in [3.63, 3.8) is 0 Å². The molecule has 1 aliphatic heterocycles. The third-order valence-electron chi connectivity index (χ3n) is 4.64. The van der Waals surface area contributed by atoms with Crippen LogP contribution in [-0.4, -0.2) is 48.4 Å². The molecule has 7 nitrogen and oxygen atoms in total. The van der Waals surface area contributed by atoms with Crippen molar-refractivity contribution in [1.29, 1.82) is 0 Å². The van der Waals surface area contributed by atoms with Gasteiger partial charge in [0.15, 0.2) is 5.82 Å². The summed E-state index contributed by atoms with van der Waals surface area (Å²) in [5.74, 6) is 2.72. The maximum Gasteiger partial charge on any atom is 0.244 e. The van der Waals surface area contributed by atoms with Gasteiger partial charge in [0.25, 0.3) is 0 Å². The monoisotopic (exact) mass is 314 g/mol. The zero-order chi connectivity index (χ0) is 16.0. The molecule has 122 valence electrons. The third kappa shape index (κ3) is 2.87. The van der Waals surface area contributed by atoms with Gasteiger partial charge in [-0.05, 0) is 32.8 Å². The highest BCUT2D eigenvalue weighted by Crippen LogP contribution is 2.38. The van der Waals surface area contributed by atoms with E-state index in [0.29, 0.717) is 25.6 Å². The average Bonchev–Trinajstić information content (AvgIpc) is 3.25. The number of hydrogen-bond acceptors (Lipinski definition) is 4. The number of fused-ring (bicyclic) bond motifs is 1. The minimum atomic E-state index is 0.115. The molecule has 2 aromatic heterocycles. The third-order valence-corrected chi connectivity index (χ3v) is 4.64. The van der Waals surface area contributed by atoms with Gasteiger partial charge in [-0.25, -0.2) is 9.67 Å². The molecule has 23 heavy (non-hydrogen) atoms. The Labute approximate surface area is 135 Å². The maximum atomic E-state index is 12.6. The van der Waals surface area contributed by atoms with E-state index in [2.05, 4.69) is 15.2 Å². The van der Waals surface area contributed by atoms with Gasteiger partial charge in [-0.3, -0.25) is 9.48 Å². The van der Waals surface area contributed by atoms with E-state index in [4.69, 9.17) is 0 Å². The quantitative estimate of drug-likeness (QED) is 0.849. The van der Waals surface area contributed by atoms with E-state index in [-0.39, 0.29) is 5.91 Å². The summed E-state index contributed by atoms with van der Waals surface area (Å²) in [5, 5.41) is 8.99. The van der Waals surface area contributed by atoms with Crippen LogP contribution in [0.25, 0.3) is 0 Å². The number of nitrogens with zero attached hydrogens (tertiary/aromatic N) is 6. The van der Waals surface area contributed by atoms with Crippen molar-refractivity contribution in [2.45, 2.75) is 52.1 Å². The molecule has 2 aromatic rings. The van der Waals surface area contributed by atoms with Gasteiger partial charge in [0.1, 0.15) is 12.4 Å². The molecule has 1 saturated carbocycles. The summed E-state index contributed by atoms with van der Waals surface area (Å²) in [6.07, 6.45) is 3.22. The van der Waals surface area contributed by atoms with Crippen LogP contribution in [0.1, 0.15) is 41.8 Å². The Kier molecular flexibility index (Phi) is 3.43. The van der Waals surface area contributed by atoms with Crippen LogP contribution in [0, 0.1) is 13.8 Å². The van der Waals surface area contributed by atoms with Crippen molar-refractivity contribution < 1.29 is 4.79 Å². The molecule has 4 rings (SSSR count). The smallest absolute Gasteiger partial charge is 0.244 e. The fourth-order valence-corrected chi connectivity index (χ4v) is 3.15. The minimum Gasteiger partial charge on any atom is -0.339 e.